The summed E-state index contributed by atoms with van der Waals surface area (Å²) in [7, 11) is 8.74. The first-order chi connectivity index (χ1) is 7.27. The molecule has 3 unspecified atom stereocenters. The lowest BCUT2D eigenvalue weighted by Gasteiger charge is -2.38. The van der Waals surface area contributed by atoms with Crippen LogP contribution in [-0.4, -0.2) is 32.9 Å². The van der Waals surface area contributed by atoms with Crippen LogP contribution in [0.25, 0.3) is 0 Å². The van der Waals surface area contributed by atoms with Crippen molar-refractivity contribution in [3.05, 3.63) is 0 Å². The minimum atomic E-state index is 0.0428. The van der Waals surface area contributed by atoms with E-state index in [9.17, 15) is 0 Å². The van der Waals surface area contributed by atoms with Crippen molar-refractivity contribution < 1.29 is 0 Å². The van der Waals surface area contributed by atoms with E-state index in [0.717, 1.165) is 11.8 Å². The predicted octanol–water partition coefficient (Wildman–Crippen LogP) is 3.11. The van der Waals surface area contributed by atoms with E-state index in [1.165, 1.54) is 38.8 Å². The zero-order chi connectivity index (χ0) is 12.0. The van der Waals surface area contributed by atoms with Crippen LogP contribution in [0.5, 0.6) is 0 Å². The van der Waals surface area contributed by atoms with Crippen LogP contribution >= 0.6 is 0 Å². The van der Waals surface area contributed by atoms with E-state index in [-0.39, 0.29) is 5.31 Å². The third-order valence-electron chi connectivity index (χ3n) is 4.52. The number of likely N-dealkylation sites (tertiary alicyclic amines) is 1. The lowest BCUT2D eigenvalue weighted by atomic mass is 9.60. The van der Waals surface area contributed by atoms with Gasteiger partial charge in [-0.05, 0) is 43.7 Å². The van der Waals surface area contributed by atoms with Gasteiger partial charge in [-0.1, -0.05) is 38.9 Å². The largest absolute Gasteiger partial charge is 0.306 e. The summed E-state index contributed by atoms with van der Waals surface area (Å²) in [6, 6.07) is 0. The number of nitrogens with zero attached hydrogens (tertiary/aromatic N) is 1. The maximum absolute atomic E-state index is 6.49. The Kier molecular flexibility index (Phi) is 3.16. The van der Waals surface area contributed by atoms with Gasteiger partial charge in [-0.15, -0.1) is 0 Å². The van der Waals surface area contributed by atoms with Gasteiger partial charge in [-0.25, -0.2) is 0 Å². The Morgan fingerprint density at radius 3 is 2.50 bits per heavy atom. The average molecular weight is 219 g/mol. The summed E-state index contributed by atoms with van der Waals surface area (Å²) in [6.07, 6.45) is 5.14. The number of fused-ring (bicyclic) bond motifs is 1. The van der Waals surface area contributed by atoms with E-state index >= 15 is 0 Å². The lowest BCUT2D eigenvalue weighted by Crippen LogP contribution is -2.38. The van der Waals surface area contributed by atoms with Gasteiger partial charge < -0.3 is 4.90 Å². The Labute approximate surface area is 102 Å². The molecule has 1 heterocycles. The first kappa shape index (κ1) is 12.5. The Balaban J connectivity index is 2.16. The summed E-state index contributed by atoms with van der Waals surface area (Å²) in [5.41, 5.74) is 0.429. The Morgan fingerprint density at radius 2 is 1.81 bits per heavy atom. The summed E-state index contributed by atoms with van der Waals surface area (Å²) in [5, 5.41) is 0.0428. The van der Waals surface area contributed by atoms with Gasteiger partial charge in [0, 0.05) is 6.54 Å². The highest BCUT2D eigenvalue weighted by atomic mass is 15.1. The van der Waals surface area contributed by atoms with Crippen molar-refractivity contribution in [2.75, 3.05) is 20.1 Å². The second-order valence-electron chi connectivity index (χ2n) is 7.47. The maximum Gasteiger partial charge on any atom is 0.0742 e. The van der Waals surface area contributed by atoms with E-state index in [4.69, 9.17) is 7.85 Å². The van der Waals surface area contributed by atoms with Crippen LogP contribution in [0.3, 0.4) is 0 Å². The minimum absolute atomic E-state index is 0.0428. The SMILES string of the molecule is [B]C1(C)CC2CN(C)CCC2CC(C)(C)C1. The fraction of sp³-hybridized carbons (Fsp3) is 1.00. The summed E-state index contributed by atoms with van der Waals surface area (Å²) in [4.78, 5) is 2.48. The molecule has 0 aromatic rings. The van der Waals surface area contributed by atoms with Crippen molar-refractivity contribution in [3.63, 3.8) is 0 Å². The first-order valence-electron chi connectivity index (χ1n) is 6.75. The summed E-state index contributed by atoms with van der Waals surface area (Å²) in [6.45, 7) is 9.59. The molecule has 0 aromatic heterocycles. The molecule has 90 valence electrons. The van der Waals surface area contributed by atoms with E-state index < -0.39 is 0 Å². The molecule has 16 heavy (non-hydrogen) atoms. The van der Waals surface area contributed by atoms with E-state index in [1.54, 1.807) is 0 Å². The molecule has 2 aliphatic rings. The van der Waals surface area contributed by atoms with Crippen molar-refractivity contribution in [2.24, 2.45) is 17.3 Å². The van der Waals surface area contributed by atoms with Gasteiger partial charge in [0.2, 0.25) is 0 Å². The van der Waals surface area contributed by atoms with Crippen LogP contribution in [0.4, 0.5) is 0 Å². The van der Waals surface area contributed by atoms with Gasteiger partial charge in [-0.2, -0.15) is 0 Å². The highest BCUT2D eigenvalue weighted by Gasteiger charge is 2.41. The molecule has 0 N–H and O–H groups in total. The molecule has 0 aromatic carbocycles. The fourth-order valence-corrected chi connectivity index (χ4v) is 4.31. The quantitative estimate of drug-likeness (QED) is 0.566. The van der Waals surface area contributed by atoms with E-state index in [1.807, 2.05) is 0 Å². The highest BCUT2D eigenvalue weighted by molar-refractivity contribution is 6.14. The van der Waals surface area contributed by atoms with Crippen LogP contribution in [0.1, 0.15) is 46.5 Å². The molecule has 1 aliphatic heterocycles. The third kappa shape index (κ3) is 2.82. The molecular weight excluding hydrogens is 193 g/mol. The van der Waals surface area contributed by atoms with Crippen molar-refractivity contribution in [3.8, 4) is 0 Å². The fourth-order valence-electron chi connectivity index (χ4n) is 4.31. The molecule has 1 aliphatic carbocycles. The smallest absolute Gasteiger partial charge is 0.0742 e. The standard InChI is InChI=1S/C14H26BN/c1-13(2)7-11-5-6-16(4)9-12(11)8-14(3,15)10-13/h11-12H,5-10H2,1-4H3. The van der Waals surface area contributed by atoms with Crippen LogP contribution < -0.4 is 0 Å². The normalized spacial score (nSPS) is 44.8. The molecular formula is C14H26BN. The number of hydrogen-bond acceptors (Lipinski definition) is 1. The summed E-state index contributed by atoms with van der Waals surface area (Å²) in [5.74, 6) is 1.74. The van der Waals surface area contributed by atoms with E-state index in [0.29, 0.717) is 5.41 Å². The number of hydrogen-bond donors (Lipinski definition) is 0. The average Bonchev–Trinajstić information content (AvgIpc) is 2.14. The van der Waals surface area contributed by atoms with Crippen LogP contribution in [0.2, 0.25) is 5.31 Å². The molecule has 1 saturated carbocycles. The number of piperidine rings is 1. The second kappa shape index (κ2) is 4.05. The summed E-state index contributed by atoms with van der Waals surface area (Å²) < 4.78 is 0. The van der Waals surface area contributed by atoms with Gasteiger partial charge >= 0.3 is 0 Å². The molecule has 2 fully saturated rings. The zero-order valence-electron chi connectivity index (χ0n) is 11.4. The first-order valence-corrected chi connectivity index (χ1v) is 6.75. The summed E-state index contributed by atoms with van der Waals surface area (Å²) >= 11 is 0. The van der Waals surface area contributed by atoms with Crippen LogP contribution in [-0.2, 0) is 0 Å². The third-order valence-corrected chi connectivity index (χ3v) is 4.52. The van der Waals surface area contributed by atoms with Gasteiger partial charge in [0.1, 0.15) is 0 Å². The van der Waals surface area contributed by atoms with Crippen LogP contribution in [0.15, 0.2) is 0 Å². The Hall–Kier alpha value is 0.0249. The minimum Gasteiger partial charge on any atom is -0.306 e. The zero-order valence-corrected chi connectivity index (χ0v) is 11.4. The van der Waals surface area contributed by atoms with Gasteiger partial charge in [0.05, 0.1) is 7.85 Å². The lowest BCUT2D eigenvalue weighted by molar-refractivity contribution is 0.116. The van der Waals surface area contributed by atoms with Crippen molar-refractivity contribution in [2.45, 2.75) is 51.8 Å². The molecule has 1 saturated heterocycles. The highest BCUT2D eigenvalue weighted by Crippen LogP contribution is 2.52. The molecule has 0 bridgehead atoms. The molecule has 2 radical (unpaired) electrons. The Bertz CT molecular complexity index is 259. The molecule has 2 heteroatoms. The molecule has 2 rings (SSSR count). The van der Waals surface area contributed by atoms with Crippen molar-refractivity contribution >= 4 is 7.85 Å². The van der Waals surface area contributed by atoms with Gasteiger partial charge in [0.15, 0.2) is 0 Å². The topological polar surface area (TPSA) is 3.24 Å². The Morgan fingerprint density at radius 1 is 1.12 bits per heavy atom. The van der Waals surface area contributed by atoms with Crippen molar-refractivity contribution in [1.29, 1.82) is 0 Å². The maximum atomic E-state index is 6.49. The van der Waals surface area contributed by atoms with Gasteiger partial charge in [0.25, 0.3) is 0 Å². The second-order valence-corrected chi connectivity index (χ2v) is 7.47. The van der Waals surface area contributed by atoms with Crippen LogP contribution in [0, 0.1) is 17.3 Å². The number of rotatable bonds is 0. The molecule has 0 amide bonds. The predicted molar refractivity (Wildman–Crippen MR) is 70.8 cm³/mol. The van der Waals surface area contributed by atoms with Gasteiger partial charge in [-0.3, -0.25) is 0 Å². The monoisotopic (exact) mass is 219 g/mol. The van der Waals surface area contributed by atoms with E-state index in [2.05, 4.69) is 32.7 Å². The molecule has 1 nitrogen and oxygen atoms in total. The molecule has 3 atom stereocenters. The molecule has 0 spiro atoms. The van der Waals surface area contributed by atoms with Crippen molar-refractivity contribution in [1.82, 2.24) is 4.90 Å².